The highest BCUT2D eigenvalue weighted by atomic mass is 16.6. The van der Waals surface area contributed by atoms with E-state index in [0.29, 0.717) is 11.3 Å². The first-order chi connectivity index (χ1) is 10.3. The Morgan fingerprint density at radius 2 is 1.68 bits per heavy atom. The molecule has 0 saturated carbocycles. The van der Waals surface area contributed by atoms with E-state index in [9.17, 15) is 10.1 Å². The molecular weight excluding hydrogens is 274 g/mol. The van der Waals surface area contributed by atoms with E-state index in [1.807, 2.05) is 18.2 Å². The zero-order chi connectivity index (χ0) is 16.3. The van der Waals surface area contributed by atoms with Gasteiger partial charge in [0.1, 0.15) is 0 Å². The van der Waals surface area contributed by atoms with Crippen molar-refractivity contribution in [3.8, 4) is 11.1 Å². The lowest BCUT2D eigenvalue weighted by Gasteiger charge is -2.23. The summed E-state index contributed by atoms with van der Waals surface area (Å²) in [4.78, 5) is 10.5. The summed E-state index contributed by atoms with van der Waals surface area (Å²) in [5.74, 6) is 0.499. The van der Waals surface area contributed by atoms with Crippen molar-refractivity contribution < 1.29 is 4.92 Å². The Hall–Kier alpha value is -2.16. The van der Waals surface area contributed by atoms with Gasteiger partial charge in [-0.2, -0.15) is 0 Å². The summed E-state index contributed by atoms with van der Waals surface area (Å²) in [6.45, 7) is 9.00. The second-order valence-electron chi connectivity index (χ2n) is 7.10. The molecule has 3 nitrogen and oxygen atoms in total. The van der Waals surface area contributed by atoms with Gasteiger partial charge in [-0.3, -0.25) is 10.1 Å². The van der Waals surface area contributed by atoms with Gasteiger partial charge in [0.15, 0.2) is 0 Å². The summed E-state index contributed by atoms with van der Waals surface area (Å²) in [5, 5.41) is 10.9. The van der Waals surface area contributed by atoms with Gasteiger partial charge in [0.2, 0.25) is 0 Å². The first-order valence-corrected chi connectivity index (χ1v) is 7.61. The van der Waals surface area contributed by atoms with Crippen LogP contribution in [0.25, 0.3) is 11.1 Å². The SMILES string of the molecule is CC(CC(C)(C)C)c1ccc(-c2cccc([N+](=O)[O-])c2)cc1. The van der Waals surface area contributed by atoms with Crippen molar-refractivity contribution in [2.75, 3.05) is 0 Å². The van der Waals surface area contributed by atoms with Crippen LogP contribution in [-0.2, 0) is 0 Å². The van der Waals surface area contributed by atoms with Crippen LogP contribution in [0.15, 0.2) is 48.5 Å². The fourth-order valence-corrected chi connectivity index (χ4v) is 2.84. The van der Waals surface area contributed by atoms with Crippen molar-refractivity contribution in [1.82, 2.24) is 0 Å². The molecule has 0 amide bonds. The molecule has 0 aliphatic rings. The van der Waals surface area contributed by atoms with Crippen molar-refractivity contribution in [2.24, 2.45) is 5.41 Å². The standard InChI is InChI=1S/C19H23NO2/c1-14(13-19(2,3)4)15-8-10-16(11-9-15)17-6-5-7-18(12-17)20(21)22/h5-12,14H,13H2,1-4H3. The summed E-state index contributed by atoms with van der Waals surface area (Å²) in [6, 6.07) is 15.1. The van der Waals surface area contributed by atoms with E-state index in [-0.39, 0.29) is 10.6 Å². The molecule has 0 saturated heterocycles. The molecule has 3 heteroatoms. The van der Waals surface area contributed by atoms with Gasteiger partial charge in [0, 0.05) is 12.1 Å². The smallest absolute Gasteiger partial charge is 0.258 e. The number of rotatable bonds is 4. The molecule has 2 aromatic rings. The third-order valence-electron chi connectivity index (χ3n) is 3.79. The largest absolute Gasteiger partial charge is 0.270 e. The minimum Gasteiger partial charge on any atom is -0.258 e. The molecule has 0 bridgehead atoms. The Kier molecular flexibility index (Phi) is 4.65. The van der Waals surface area contributed by atoms with E-state index in [0.717, 1.165) is 17.5 Å². The van der Waals surface area contributed by atoms with Crippen LogP contribution in [-0.4, -0.2) is 4.92 Å². The molecule has 0 spiro atoms. The number of hydrogen-bond donors (Lipinski definition) is 0. The van der Waals surface area contributed by atoms with Crippen molar-refractivity contribution in [3.63, 3.8) is 0 Å². The molecule has 0 aliphatic heterocycles. The Labute approximate surface area is 132 Å². The molecule has 0 fully saturated rings. The number of non-ortho nitro benzene ring substituents is 1. The van der Waals surface area contributed by atoms with E-state index in [4.69, 9.17) is 0 Å². The average molecular weight is 297 g/mol. The molecule has 0 radical (unpaired) electrons. The van der Waals surface area contributed by atoms with E-state index >= 15 is 0 Å². The van der Waals surface area contributed by atoms with Crippen LogP contribution in [0.5, 0.6) is 0 Å². The highest BCUT2D eigenvalue weighted by molar-refractivity contribution is 5.66. The number of nitro groups is 1. The molecular formula is C19H23NO2. The fourth-order valence-electron chi connectivity index (χ4n) is 2.84. The highest BCUT2D eigenvalue weighted by Gasteiger charge is 2.16. The van der Waals surface area contributed by atoms with Crippen LogP contribution in [0.4, 0.5) is 5.69 Å². The predicted molar refractivity (Wildman–Crippen MR) is 91.0 cm³/mol. The average Bonchev–Trinajstić information content (AvgIpc) is 2.46. The molecule has 2 aromatic carbocycles. The fraction of sp³-hybridized carbons (Fsp3) is 0.368. The second-order valence-corrected chi connectivity index (χ2v) is 7.10. The van der Waals surface area contributed by atoms with Gasteiger partial charge in [-0.05, 0) is 34.4 Å². The Morgan fingerprint density at radius 1 is 1.05 bits per heavy atom. The van der Waals surface area contributed by atoms with Crippen LogP contribution < -0.4 is 0 Å². The van der Waals surface area contributed by atoms with Crippen LogP contribution in [0.2, 0.25) is 0 Å². The normalized spacial score (nSPS) is 12.9. The van der Waals surface area contributed by atoms with Gasteiger partial charge in [-0.25, -0.2) is 0 Å². The molecule has 0 aromatic heterocycles. The first kappa shape index (κ1) is 16.2. The van der Waals surface area contributed by atoms with Crippen LogP contribution in [0.1, 0.15) is 45.6 Å². The zero-order valence-corrected chi connectivity index (χ0v) is 13.7. The van der Waals surface area contributed by atoms with Gasteiger partial charge >= 0.3 is 0 Å². The summed E-state index contributed by atoms with van der Waals surface area (Å²) >= 11 is 0. The van der Waals surface area contributed by atoms with E-state index in [1.54, 1.807) is 12.1 Å². The Bertz CT molecular complexity index is 654. The third-order valence-corrected chi connectivity index (χ3v) is 3.79. The van der Waals surface area contributed by atoms with Crippen LogP contribution in [0.3, 0.4) is 0 Å². The lowest BCUT2D eigenvalue weighted by atomic mass is 9.82. The maximum atomic E-state index is 10.9. The first-order valence-electron chi connectivity index (χ1n) is 7.61. The van der Waals surface area contributed by atoms with Crippen molar-refractivity contribution >= 4 is 5.69 Å². The highest BCUT2D eigenvalue weighted by Crippen LogP contribution is 2.32. The van der Waals surface area contributed by atoms with Crippen molar-refractivity contribution in [2.45, 2.75) is 40.0 Å². The summed E-state index contributed by atoms with van der Waals surface area (Å²) in [6.07, 6.45) is 1.13. The molecule has 116 valence electrons. The van der Waals surface area contributed by atoms with E-state index in [1.165, 1.54) is 11.6 Å². The molecule has 0 heterocycles. The second kappa shape index (κ2) is 6.30. The topological polar surface area (TPSA) is 43.1 Å². The van der Waals surface area contributed by atoms with Crippen molar-refractivity contribution in [3.05, 3.63) is 64.2 Å². The van der Waals surface area contributed by atoms with Crippen molar-refractivity contribution in [1.29, 1.82) is 0 Å². The van der Waals surface area contributed by atoms with Gasteiger partial charge in [-0.1, -0.05) is 64.1 Å². The Morgan fingerprint density at radius 3 is 2.23 bits per heavy atom. The van der Waals surface area contributed by atoms with E-state index < -0.39 is 0 Å². The minimum absolute atomic E-state index is 0.127. The van der Waals surface area contributed by atoms with Crippen LogP contribution in [0, 0.1) is 15.5 Å². The molecule has 2 rings (SSSR count). The number of nitrogens with zero attached hydrogens (tertiary/aromatic N) is 1. The molecule has 1 unspecified atom stereocenters. The summed E-state index contributed by atoms with van der Waals surface area (Å²) < 4.78 is 0. The predicted octanol–water partition coefficient (Wildman–Crippen LogP) is 5.80. The lowest BCUT2D eigenvalue weighted by molar-refractivity contribution is -0.384. The number of hydrogen-bond acceptors (Lipinski definition) is 2. The minimum atomic E-state index is -0.358. The maximum Gasteiger partial charge on any atom is 0.270 e. The zero-order valence-electron chi connectivity index (χ0n) is 13.7. The monoisotopic (exact) mass is 297 g/mol. The summed E-state index contributed by atoms with van der Waals surface area (Å²) in [7, 11) is 0. The maximum absolute atomic E-state index is 10.9. The third kappa shape index (κ3) is 4.17. The van der Waals surface area contributed by atoms with Gasteiger partial charge in [-0.15, -0.1) is 0 Å². The molecule has 22 heavy (non-hydrogen) atoms. The van der Waals surface area contributed by atoms with E-state index in [2.05, 4.69) is 39.8 Å². The molecule has 0 N–H and O–H groups in total. The lowest BCUT2D eigenvalue weighted by Crippen LogP contribution is -2.09. The number of benzene rings is 2. The van der Waals surface area contributed by atoms with Gasteiger partial charge < -0.3 is 0 Å². The number of nitro benzene ring substituents is 1. The quantitative estimate of drug-likeness (QED) is 0.528. The Balaban J connectivity index is 2.22. The van der Waals surface area contributed by atoms with Gasteiger partial charge in [0.05, 0.1) is 4.92 Å². The molecule has 1 atom stereocenters. The molecule has 0 aliphatic carbocycles. The van der Waals surface area contributed by atoms with Crippen LogP contribution >= 0.6 is 0 Å². The summed E-state index contributed by atoms with van der Waals surface area (Å²) in [5.41, 5.74) is 3.63. The van der Waals surface area contributed by atoms with Gasteiger partial charge in [0.25, 0.3) is 5.69 Å².